The monoisotopic (exact) mass is 424 g/mol. The summed E-state index contributed by atoms with van der Waals surface area (Å²) in [6.07, 6.45) is 6.94. The molecule has 4 amide bonds. The van der Waals surface area contributed by atoms with Gasteiger partial charge in [0.25, 0.3) is 11.8 Å². The van der Waals surface area contributed by atoms with E-state index in [-0.39, 0.29) is 11.3 Å². The number of nitrogens with zero attached hydrogens (tertiary/aromatic N) is 4. The Morgan fingerprint density at radius 2 is 1.74 bits per heavy atom. The van der Waals surface area contributed by atoms with Crippen molar-refractivity contribution in [1.29, 1.82) is 0 Å². The number of aliphatic hydroxyl groups excluding tert-OH is 1. The third-order valence-corrected chi connectivity index (χ3v) is 5.59. The first-order valence-corrected chi connectivity index (χ1v) is 10.3. The van der Waals surface area contributed by atoms with Gasteiger partial charge in [-0.05, 0) is 62.3 Å². The van der Waals surface area contributed by atoms with E-state index in [2.05, 4.69) is 41.8 Å². The number of hydrogen-bond acceptors (Lipinski definition) is 6. The van der Waals surface area contributed by atoms with Gasteiger partial charge >= 0.3 is 6.03 Å². The van der Waals surface area contributed by atoms with Gasteiger partial charge in [0.15, 0.2) is 0 Å². The molecule has 3 rings (SSSR count). The number of aliphatic hydroxyl groups is 1. The predicted molar refractivity (Wildman–Crippen MR) is 120 cm³/mol. The maximum Gasteiger partial charge on any atom is 0.333 e. The first-order chi connectivity index (χ1) is 14.8. The van der Waals surface area contributed by atoms with Crippen LogP contribution in [-0.2, 0) is 16.0 Å². The zero-order chi connectivity index (χ0) is 22.7. The molecule has 2 aliphatic rings. The fourth-order valence-electron chi connectivity index (χ4n) is 3.77. The number of urea groups is 1. The van der Waals surface area contributed by atoms with Gasteiger partial charge in [0.1, 0.15) is 11.3 Å². The van der Waals surface area contributed by atoms with Gasteiger partial charge < -0.3 is 14.9 Å². The number of rotatable bonds is 6. The average Bonchev–Trinajstić information content (AvgIpc) is 3.17. The zero-order valence-corrected chi connectivity index (χ0v) is 18.3. The topological polar surface area (TPSA) is 84.4 Å². The van der Waals surface area contributed by atoms with Crippen molar-refractivity contribution in [1.82, 2.24) is 9.80 Å². The van der Waals surface area contributed by atoms with E-state index >= 15 is 0 Å². The third-order valence-electron chi connectivity index (χ3n) is 5.59. The molecule has 1 saturated heterocycles. The number of fused-ring (bicyclic) bond motifs is 1. The molecular formula is C23H28N4O4. The Bertz CT molecular complexity index is 965. The summed E-state index contributed by atoms with van der Waals surface area (Å²) in [5.41, 5.74) is 3.35. The van der Waals surface area contributed by atoms with E-state index in [1.165, 1.54) is 31.4 Å². The normalized spacial score (nSPS) is 17.2. The minimum absolute atomic E-state index is 0.250. The van der Waals surface area contributed by atoms with Crippen LogP contribution in [0.3, 0.4) is 0 Å². The molecular weight excluding hydrogens is 396 g/mol. The molecule has 0 saturated carbocycles. The van der Waals surface area contributed by atoms with Crippen molar-refractivity contribution in [2.75, 3.05) is 43.5 Å². The second-order valence-electron chi connectivity index (χ2n) is 7.43. The number of likely N-dealkylation sites (N-methyl/N-ethyl adjacent to an activating group) is 2. The van der Waals surface area contributed by atoms with Gasteiger partial charge in [-0.2, -0.15) is 0 Å². The lowest BCUT2D eigenvalue weighted by molar-refractivity contribution is -0.134. The van der Waals surface area contributed by atoms with Crippen LogP contribution in [0, 0.1) is 0 Å². The number of allylic oxidation sites excluding steroid dienone is 3. The molecule has 8 heteroatoms. The third kappa shape index (κ3) is 4.33. The van der Waals surface area contributed by atoms with Gasteiger partial charge in [-0.3, -0.25) is 19.4 Å². The van der Waals surface area contributed by atoms with E-state index in [1.54, 1.807) is 6.08 Å². The number of anilines is 2. The van der Waals surface area contributed by atoms with Gasteiger partial charge in [-0.1, -0.05) is 0 Å². The minimum Gasteiger partial charge on any atom is -0.508 e. The largest absolute Gasteiger partial charge is 0.508 e. The van der Waals surface area contributed by atoms with Crippen molar-refractivity contribution in [3.05, 3.63) is 59.5 Å². The molecule has 0 aromatic heterocycles. The molecule has 0 atom stereocenters. The van der Waals surface area contributed by atoms with Gasteiger partial charge in [-0.25, -0.2) is 4.79 Å². The number of carbonyl (C=O) groups excluding carboxylic acids is 3. The number of barbiturate groups is 1. The number of amides is 4. The van der Waals surface area contributed by atoms with Crippen LogP contribution in [0.15, 0.2) is 54.0 Å². The molecule has 2 heterocycles. The molecule has 1 aromatic rings. The molecule has 164 valence electrons. The highest BCUT2D eigenvalue weighted by Gasteiger charge is 2.37. The van der Waals surface area contributed by atoms with Crippen LogP contribution < -0.4 is 9.80 Å². The van der Waals surface area contributed by atoms with Crippen molar-refractivity contribution in [2.45, 2.75) is 20.3 Å². The summed E-state index contributed by atoms with van der Waals surface area (Å²) in [6.45, 7) is 7.04. The van der Waals surface area contributed by atoms with Crippen molar-refractivity contribution in [3.63, 3.8) is 0 Å². The summed E-state index contributed by atoms with van der Waals surface area (Å²) in [5, 5.41) is 10.2. The Labute approximate surface area is 182 Å². The van der Waals surface area contributed by atoms with Crippen LogP contribution >= 0.6 is 0 Å². The van der Waals surface area contributed by atoms with Gasteiger partial charge in [0.05, 0.1) is 0 Å². The lowest BCUT2D eigenvalue weighted by Gasteiger charge is -2.28. The van der Waals surface area contributed by atoms with Crippen LogP contribution in [0.4, 0.5) is 16.2 Å². The first-order valence-electron chi connectivity index (χ1n) is 10.3. The Morgan fingerprint density at radius 1 is 1.10 bits per heavy atom. The van der Waals surface area contributed by atoms with Crippen LogP contribution in [0.25, 0.3) is 0 Å². The number of benzene rings is 1. The van der Waals surface area contributed by atoms with Crippen molar-refractivity contribution >= 4 is 29.2 Å². The molecule has 0 unspecified atom stereocenters. The quantitative estimate of drug-likeness (QED) is 0.327. The molecule has 0 radical (unpaired) electrons. The molecule has 0 bridgehead atoms. The van der Waals surface area contributed by atoms with E-state index in [4.69, 9.17) is 0 Å². The molecule has 1 fully saturated rings. The maximum atomic E-state index is 12.2. The van der Waals surface area contributed by atoms with E-state index in [0.717, 1.165) is 47.6 Å². The zero-order valence-electron chi connectivity index (χ0n) is 18.3. The van der Waals surface area contributed by atoms with E-state index in [9.17, 15) is 19.5 Å². The van der Waals surface area contributed by atoms with Gasteiger partial charge in [0.2, 0.25) is 0 Å². The summed E-state index contributed by atoms with van der Waals surface area (Å²) in [7, 11) is 2.58. The average molecular weight is 425 g/mol. The van der Waals surface area contributed by atoms with Gasteiger partial charge in [-0.15, -0.1) is 0 Å². The molecule has 31 heavy (non-hydrogen) atoms. The van der Waals surface area contributed by atoms with Crippen molar-refractivity contribution < 1.29 is 19.5 Å². The number of carbonyl (C=O) groups is 3. The molecule has 1 N–H and O–H groups in total. The van der Waals surface area contributed by atoms with E-state index in [1.807, 2.05) is 6.20 Å². The predicted octanol–water partition coefficient (Wildman–Crippen LogP) is 2.83. The highest BCUT2D eigenvalue weighted by atomic mass is 16.3. The highest BCUT2D eigenvalue weighted by Crippen LogP contribution is 2.32. The summed E-state index contributed by atoms with van der Waals surface area (Å²) < 4.78 is 0. The van der Waals surface area contributed by atoms with E-state index in [0.29, 0.717) is 0 Å². The number of hydrogen-bond donors (Lipinski definition) is 1. The Balaban J connectivity index is 1.74. The fraction of sp³-hybridized carbons (Fsp3) is 0.348. The second-order valence-corrected chi connectivity index (χ2v) is 7.43. The Hall–Kier alpha value is -3.55. The summed E-state index contributed by atoms with van der Waals surface area (Å²) in [4.78, 5) is 42.2. The van der Waals surface area contributed by atoms with Crippen LogP contribution in [0.1, 0.15) is 19.4 Å². The molecule has 0 aliphatic carbocycles. The number of imide groups is 2. The van der Waals surface area contributed by atoms with E-state index < -0.39 is 17.8 Å². The van der Waals surface area contributed by atoms with Gasteiger partial charge in [0, 0.05) is 51.3 Å². The lowest BCUT2D eigenvalue weighted by atomic mass is 10.1. The SMILES string of the molecule is CCN(CC)c1ccc2c(c1)CCN2/C=C/C=C(\O)C=C1C(=O)N(C)C(=O)N(C)C1=O. The molecule has 8 nitrogen and oxygen atoms in total. The standard InChI is InChI=1S/C23H28N4O4/c1-5-26(6-2)17-9-10-20-16(14-17)11-13-27(20)12-7-8-18(28)15-19-21(29)24(3)23(31)25(4)22(19)30/h7-10,12,14-15,28H,5-6,11,13H2,1-4H3/b12-7+,18-8-. The maximum absolute atomic E-state index is 12.2. The Kier molecular flexibility index (Phi) is 6.48. The van der Waals surface area contributed by atoms with Crippen LogP contribution in [0.5, 0.6) is 0 Å². The fourth-order valence-corrected chi connectivity index (χ4v) is 3.77. The molecule has 0 spiro atoms. The molecule has 2 aliphatic heterocycles. The lowest BCUT2D eigenvalue weighted by Crippen LogP contribution is -2.53. The highest BCUT2D eigenvalue weighted by molar-refractivity contribution is 6.28. The minimum atomic E-state index is -0.741. The molecule has 1 aromatic carbocycles. The first kappa shape index (κ1) is 22.1. The van der Waals surface area contributed by atoms with Crippen molar-refractivity contribution in [2.24, 2.45) is 0 Å². The van der Waals surface area contributed by atoms with Crippen molar-refractivity contribution in [3.8, 4) is 0 Å². The summed E-state index contributed by atoms with van der Waals surface area (Å²) in [5.74, 6) is -1.73. The summed E-state index contributed by atoms with van der Waals surface area (Å²) >= 11 is 0. The summed E-state index contributed by atoms with van der Waals surface area (Å²) in [6, 6.07) is 5.74. The van der Waals surface area contributed by atoms with Crippen LogP contribution in [-0.4, -0.2) is 66.5 Å². The van der Waals surface area contributed by atoms with Crippen LogP contribution in [0.2, 0.25) is 0 Å². The Morgan fingerprint density at radius 3 is 2.35 bits per heavy atom. The second kappa shape index (κ2) is 9.07. The smallest absolute Gasteiger partial charge is 0.333 e.